The van der Waals surface area contributed by atoms with Gasteiger partial charge in [0.25, 0.3) is 10.0 Å². The van der Waals surface area contributed by atoms with E-state index >= 15 is 0 Å². The third kappa shape index (κ3) is 4.46. The standard InChI is InChI=1S/C18H19Cl3N2O2S/c19-13-3-6-16(7-4-13)26(24,25)23(11-9-15-2-1-10-22-15)18-12-14(20)5-8-17(18)21/h3-8,12,15,22H,1-2,9-11H2/t15-/m0/s1. The molecule has 0 saturated carbocycles. The molecule has 8 heteroatoms. The second kappa shape index (κ2) is 8.36. The van der Waals surface area contributed by atoms with E-state index in [1.807, 2.05) is 0 Å². The van der Waals surface area contributed by atoms with Gasteiger partial charge in [-0.2, -0.15) is 0 Å². The van der Waals surface area contributed by atoms with Gasteiger partial charge in [0, 0.05) is 22.6 Å². The van der Waals surface area contributed by atoms with Gasteiger partial charge >= 0.3 is 0 Å². The van der Waals surface area contributed by atoms with Crippen LogP contribution in [0.2, 0.25) is 15.1 Å². The Labute approximate surface area is 169 Å². The highest BCUT2D eigenvalue weighted by Crippen LogP contribution is 2.33. The maximum absolute atomic E-state index is 13.3. The Morgan fingerprint density at radius 1 is 1.04 bits per heavy atom. The number of sulfonamides is 1. The molecule has 0 aliphatic carbocycles. The van der Waals surface area contributed by atoms with Crippen molar-refractivity contribution in [2.75, 3.05) is 17.4 Å². The van der Waals surface area contributed by atoms with E-state index in [0.717, 1.165) is 19.4 Å². The summed E-state index contributed by atoms with van der Waals surface area (Å²) >= 11 is 18.3. The molecule has 0 radical (unpaired) electrons. The number of benzene rings is 2. The van der Waals surface area contributed by atoms with Gasteiger partial charge in [0.15, 0.2) is 0 Å². The molecule has 1 N–H and O–H groups in total. The minimum absolute atomic E-state index is 0.164. The van der Waals surface area contributed by atoms with Crippen molar-refractivity contribution < 1.29 is 8.42 Å². The largest absolute Gasteiger partial charge is 0.314 e. The number of rotatable bonds is 6. The predicted octanol–water partition coefficient (Wildman–Crippen LogP) is 4.98. The lowest BCUT2D eigenvalue weighted by molar-refractivity contribution is 0.554. The van der Waals surface area contributed by atoms with Crippen molar-refractivity contribution in [3.63, 3.8) is 0 Å². The fraction of sp³-hybridized carbons (Fsp3) is 0.333. The zero-order chi connectivity index (χ0) is 18.7. The zero-order valence-corrected chi connectivity index (χ0v) is 17.0. The summed E-state index contributed by atoms with van der Waals surface area (Å²) in [5.74, 6) is 0. The molecule has 140 valence electrons. The van der Waals surface area contributed by atoms with E-state index in [-0.39, 0.29) is 4.90 Å². The summed E-state index contributed by atoms with van der Waals surface area (Å²) in [7, 11) is -3.80. The molecule has 1 aliphatic rings. The van der Waals surface area contributed by atoms with Crippen LogP contribution in [-0.2, 0) is 10.0 Å². The molecule has 0 unspecified atom stereocenters. The van der Waals surface area contributed by atoms with Crippen LogP contribution in [0.5, 0.6) is 0 Å². The molecule has 1 aliphatic heterocycles. The molecule has 0 bridgehead atoms. The molecule has 2 aromatic carbocycles. The Morgan fingerprint density at radius 2 is 1.73 bits per heavy atom. The highest BCUT2D eigenvalue weighted by Gasteiger charge is 2.28. The lowest BCUT2D eigenvalue weighted by Gasteiger charge is -2.27. The van der Waals surface area contributed by atoms with Gasteiger partial charge in [0.1, 0.15) is 0 Å². The maximum atomic E-state index is 13.3. The smallest absolute Gasteiger partial charge is 0.264 e. The Kier molecular flexibility index (Phi) is 6.36. The van der Waals surface area contributed by atoms with Crippen LogP contribution in [0.1, 0.15) is 19.3 Å². The fourth-order valence-corrected chi connectivity index (χ4v) is 5.11. The van der Waals surface area contributed by atoms with Crippen molar-refractivity contribution in [3.05, 3.63) is 57.5 Å². The average Bonchev–Trinajstić information content (AvgIpc) is 3.12. The molecule has 4 nitrogen and oxygen atoms in total. The van der Waals surface area contributed by atoms with Crippen molar-refractivity contribution in [2.45, 2.75) is 30.2 Å². The summed E-state index contributed by atoms with van der Waals surface area (Å²) in [6.07, 6.45) is 2.83. The monoisotopic (exact) mass is 432 g/mol. The van der Waals surface area contributed by atoms with Gasteiger partial charge in [0.2, 0.25) is 0 Å². The summed E-state index contributed by atoms with van der Waals surface area (Å²) in [4.78, 5) is 0.164. The molecule has 0 spiro atoms. The normalized spacial score (nSPS) is 17.4. The van der Waals surface area contributed by atoms with Crippen LogP contribution in [0.3, 0.4) is 0 Å². The van der Waals surface area contributed by atoms with Crippen LogP contribution in [0, 0.1) is 0 Å². The number of nitrogens with one attached hydrogen (secondary N) is 1. The van der Waals surface area contributed by atoms with E-state index in [9.17, 15) is 8.42 Å². The molecule has 1 fully saturated rings. The molecule has 2 aromatic rings. The molecule has 0 amide bonds. The van der Waals surface area contributed by atoms with Gasteiger partial charge in [0.05, 0.1) is 15.6 Å². The molecule has 26 heavy (non-hydrogen) atoms. The minimum atomic E-state index is -3.80. The summed E-state index contributed by atoms with van der Waals surface area (Å²) in [5.41, 5.74) is 0.382. The van der Waals surface area contributed by atoms with E-state index in [1.54, 1.807) is 30.3 Å². The molecule has 0 aromatic heterocycles. The Bertz CT molecular complexity index is 867. The molecule has 1 heterocycles. The highest BCUT2D eigenvalue weighted by molar-refractivity contribution is 7.92. The Balaban J connectivity index is 1.98. The van der Waals surface area contributed by atoms with Gasteiger partial charge in [-0.15, -0.1) is 0 Å². The first-order valence-electron chi connectivity index (χ1n) is 8.34. The van der Waals surface area contributed by atoms with Crippen LogP contribution in [0.4, 0.5) is 5.69 Å². The highest BCUT2D eigenvalue weighted by atomic mass is 35.5. The first-order valence-corrected chi connectivity index (χ1v) is 10.9. The van der Waals surface area contributed by atoms with E-state index < -0.39 is 10.0 Å². The summed E-state index contributed by atoms with van der Waals surface area (Å²) in [6.45, 7) is 1.27. The SMILES string of the molecule is O=S(=O)(c1ccc(Cl)cc1)N(CC[C@@H]1CCCN1)c1cc(Cl)ccc1Cl. The molecule has 1 atom stereocenters. The second-order valence-corrected chi connectivity index (χ2v) is 9.35. The molecule has 1 saturated heterocycles. The lowest BCUT2D eigenvalue weighted by atomic mass is 10.1. The number of anilines is 1. The van der Waals surface area contributed by atoms with Crippen LogP contribution in [0.25, 0.3) is 0 Å². The van der Waals surface area contributed by atoms with Crippen LogP contribution >= 0.6 is 34.8 Å². The van der Waals surface area contributed by atoms with Gasteiger partial charge in [-0.25, -0.2) is 8.42 Å². The summed E-state index contributed by atoms with van der Waals surface area (Å²) < 4.78 is 27.9. The van der Waals surface area contributed by atoms with Crippen molar-refractivity contribution in [3.8, 4) is 0 Å². The number of hydrogen-bond acceptors (Lipinski definition) is 3. The molecular formula is C18H19Cl3N2O2S. The van der Waals surface area contributed by atoms with Crippen molar-refractivity contribution in [1.29, 1.82) is 0 Å². The van der Waals surface area contributed by atoms with Gasteiger partial charge in [-0.3, -0.25) is 4.31 Å². The predicted molar refractivity (Wildman–Crippen MR) is 108 cm³/mol. The first-order chi connectivity index (χ1) is 12.4. The van der Waals surface area contributed by atoms with Crippen LogP contribution in [-0.4, -0.2) is 27.5 Å². The van der Waals surface area contributed by atoms with E-state index in [0.29, 0.717) is 39.8 Å². The topological polar surface area (TPSA) is 49.4 Å². The quantitative estimate of drug-likeness (QED) is 0.698. The molecule has 3 rings (SSSR count). The Morgan fingerprint density at radius 3 is 2.38 bits per heavy atom. The second-order valence-electron chi connectivity index (χ2n) is 6.21. The third-order valence-corrected chi connectivity index (χ3v) is 7.06. The van der Waals surface area contributed by atoms with Gasteiger partial charge < -0.3 is 5.32 Å². The maximum Gasteiger partial charge on any atom is 0.264 e. The lowest BCUT2D eigenvalue weighted by Crippen LogP contribution is -2.35. The van der Waals surface area contributed by atoms with Crippen LogP contribution < -0.4 is 9.62 Å². The summed E-state index contributed by atoms with van der Waals surface area (Å²) in [6, 6.07) is 11.2. The van der Waals surface area contributed by atoms with Crippen molar-refractivity contribution in [2.24, 2.45) is 0 Å². The van der Waals surface area contributed by atoms with Crippen molar-refractivity contribution >= 4 is 50.5 Å². The van der Waals surface area contributed by atoms with E-state index in [2.05, 4.69) is 5.32 Å². The third-order valence-electron chi connectivity index (χ3n) is 4.42. The average molecular weight is 434 g/mol. The number of halogens is 3. The number of hydrogen-bond donors (Lipinski definition) is 1. The van der Waals surface area contributed by atoms with Gasteiger partial charge in [-0.1, -0.05) is 34.8 Å². The van der Waals surface area contributed by atoms with Crippen molar-refractivity contribution in [1.82, 2.24) is 5.32 Å². The minimum Gasteiger partial charge on any atom is -0.314 e. The number of nitrogens with zero attached hydrogens (tertiary/aromatic N) is 1. The zero-order valence-electron chi connectivity index (χ0n) is 14.0. The van der Waals surface area contributed by atoms with E-state index in [1.165, 1.54) is 16.4 Å². The van der Waals surface area contributed by atoms with Gasteiger partial charge in [-0.05, 0) is 68.3 Å². The Hall–Kier alpha value is -0.980. The first kappa shape index (κ1) is 19.8. The van der Waals surface area contributed by atoms with E-state index in [4.69, 9.17) is 34.8 Å². The molecular weight excluding hydrogens is 415 g/mol. The van der Waals surface area contributed by atoms with Crippen LogP contribution in [0.15, 0.2) is 47.4 Å². The summed E-state index contributed by atoms with van der Waals surface area (Å²) in [5, 5.41) is 4.64. The fourth-order valence-electron chi connectivity index (χ4n) is 3.06.